The molecule has 17 heavy (non-hydrogen) atoms. The first-order chi connectivity index (χ1) is 7.94. The lowest BCUT2D eigenvalue weighted by Gasteiger charge is -2.03. The molecule has 1 saturated carbocycles. The van der Waals surface area contributed by atoms with Gasteiger partial charge in [0.2, 0.25) is 5.91 Å². The number of aryl methyl sites for hydroxylation is 1. The van der Waals surface area contributed by atoms with Crippen molar-refractivity contribution in [2.75, 3.05) is 5.75 Å². The number of aromatic nitrogens is 1. The number of sulfone groups is 1. The molecule has 1 N–H and O–H groups in total. The molecule has 0 atom stereocenters. The summed E-state index contributed by atoms with van der Waals surface area (Å²) in [6, 6.07) is 1.72. The molecule has 0 bridgehead atoms. The second kappa shape index (κ2) is 4.48. The van der Waals surface area contributed by atoms with Gasteiger partial charge in [0, 0.05) is 12.1 Å². The summed E-state index contributed by atoms with van der Waals surface area (Å²) in [4.78, 5) is 11.4. The number of hydrogen-bond acceptors (Lipinski definition) is 5. The van der Waals surface area contributed by atoms with Gasteiger partial charge in [-0.2, -0.15) is 0 Å². The van der Waals surface area contributed by atoms with Crippen LogP contribution in [0.5, 0.6) is 0 Å². The number of carbonyl (C=O) groups excluding carboxylic acids is 1. The first-order valence-corrected chi connectivity index (χ1v) is 7.19. The fraction of sp³-hybridized carbons (Fsp3) is 0.600. The molecule has 0 aliphatic heterocycles. The first-order valence-electron chi connectivity index (χ1n) is 5.36. The third-order valence-corrected chi connectivity index (χ3v) is 3.76. The summed E-state index contributed by atoms with van der Waals surface area (Å²) < 4.78 is 28.2. The molecule has 1 amide bonds. The average molecular weight is 258 g/mol. The Morgan fingerprint density at radius 1 is 1.59 bits per heavy atom. The molecule has 94 valence electrons. The molecule has 1 fully saturated rings. The Kier molecular flexibility index (Phi) is 3.19. The van der Waals surface area contributed by atoms with Crippen LogP contribution in [0.25, 0.3) is 0 Å². The Hall–Kier alpha value is -1.37. The summed E-state index contributed by atoms with van der Waals surface area (Å²) in [6.07, 6.45) is 1.88. The molecule has 0 saturated heterocycles. The molecule has 1 aromatic heterocycles. The summed E-state index contributed by atoms with van der Waals surface area (Å²) >= 11 is 0. The van der Waals surface area contributed by atoms with Crippen molar-refractivity contribution < 1.29 is 17.7 Å². The minimum Gasteiger partial charge on any atom is -0.360 e. The van der Waals surface area contributed by atoms with Gasteiger partial charge in [0.1, 0.15) is 11.5 Å². The van der Waals surface area contributed by atoms with Gasteiger partial charge in [-0.1, -0.05) is 5.16 Å². The molecule has 6 nitrogen and oxygen atoms in total. The first kappa shape index (κ1) is 12.1. The van der Waals surface area contributed by atoms with Gasteiger partial charge < -0.3 is 9.84 Å². The van der Waals surface area contributed by atoms with Crippen LogP contribution < -0.4 is 5.32 Å². The fourth-order valence-corrected chi connectivity index (χ4v) is 2.60. The van der Waals surface area contributed by atoms with Crippen LogP contribution in [0.4, 0.5) is 0 Å². The van der Waals surface area contributed by atoms with E-state index in [1.54, 1.807) is 13.0 Å². The molecule has 7 heteroatoms. The van der Waals surface area contributed by atoms with Crippen LogP contribution in [0.15, 0.2) is 10.6 Å². The maximum atomic E-state index is 11.7. The Morgan fingerprint density at radius 2 is 2.29 bits per heavy atom. The Labute approximate surface area is 99.3 Å². The molecule has 0 spiro atoms. The third kappa shape index (κ3) is 3.85. The molecule has 2 rings (SSSR count). The van der Waals surface area contributed by atoms with Gasteiger partial charge in [0.25, 0.3) is 0 Å². The van der Waals surface area contributed by atoms with Gasteiger partial charge >= 0.3 is 0 Å². The van der Waals surface area contributed by atoms with E-state index in [-0.39, 0.29) is 17.6 Å². The summed E-state index contributed by atoms with van der Waals surface area (Å²) in [6.45, 7) is 1.71. The predicted molar refractivity (Wildman–Crippen MR) is 59.9 cm³/mol. The maximum Gasteiger partial charge on any atom is 0.235 e. The van der Waals surface area contributed by atoms with E-state index in [1.807, 2.05) is 0 Å². The maximum absolute atomic E-state index is 11.7. The van der Waals surface area contributed by atoms with Gasteiger partial charge in [-0.05, 0) is 19.8 Å². The van der Waals surface area contributed by atoms with Crippen LogP contribution in [-0.2, 0) is 20.4 Å². The second-order valence-corrected chi connectivity index (χ2v) is 6.37. The molecule has 1 aliphatic carbocycles. The topological polar surface area (TPSA) is 89.3 Å². The van der Waals surface area contributed by atoms with Crippen LogP contribution >= 0.6 is 0 Å². The highest BCUT2D eigenvalue weighted by molar-refractivity contribution is 7.91. The number of hydrogen-bond donors (Lipinski definition) is 1. The van der Waals surface area contributed by atoms with Gasteiger partial charge in [-0.25, -0.2) is 8.42 Å². The quantitative estimate of drug-likeness (QED) is 0.813. The normalized spacial score (nSPS) is 15.8. The predicted octanol–water partition coefficient (Wildman–Crippen LogP) is 0.176. The Bertz CT molecular complexity index is 516. The van der Waals surface area contributed by atoms with Crippen molar-refractivity contribution in [2.24, 2.45) is 0 Å². The van der Waals surface area contributed by atoms with Crippen LogP contribution in [0.3, 0.4) is 0 Å². The van der Waals surface area contributed by atoms with Crippen LogP contribution in [0.1, 0.15) is 24.3 Å². The zero-order valence-electron chi connectivity index (χ0n) is 9.47. The number of nitrogens with zero attached hydrogens (tertiary/aromatic N) is 1. The summed E-state index contributed by atoms with van der Waals surface area (Å²) in [5.41, 5.74) is 0.623. The molecular weight excluding hydrogens is 244 g/mol. The molecule has 1 heterocycles. The van der Waals surface area contributed by atoms with Crippen LogP contribution in [0.2, 0.25) is 0 Å². The zero-order valence-corrected chi connectivity index (χ0v) is 10.3. The number of nitrogens with one attached hydrogen (secondary N) is 1. The number of amides is 1. The van der Waals surface area contributed by atoms with E-state index >= 15 is 0 Å². The standard InChI is InChI=1S/C10H14N2O4S/c1-7-4-9(16-12-7)5-17(14,15)6-10(13)11-8-2-3-8/h4,8H,2-3,5-6H2,1H3,(H,11,13). The van der Waals surface area contributed by atoms with E-state index in [4.69, 9.17) is 4.52 Å². The van der Waals surface area contributed by atoms with Crippen molar-refractivity contribution in [3.63, 3.8) is 0 Å². The summed E-state index contributed by atoms with van der Waals surface area (Å²) in [5.74, 6) is -0.958. The third-order valence-electron chi connectivity index (χ3n) is 2.33. The Morgan fingerprint density at radius 3 is 2.82 bits per heavy atom. The van der Waals surface area contributed by atoms with Crippen molar-refractivity contribution in [1.29, 1.82) is 0 Å². The molecular formula is C10H14N2O4S. The summed E-state index contributed by atoms with van der Waals surface area (Å²) in [7, 11) is -3.48. The van der Waals surface area contributed by atoms with Crippen molar-refractivity contribution in [1.82, 2.24) is 10.5 Å². The highest BCUT2D eigenvalue weighted by atomic mass is 32.2. The van der Waals surface area contributed by atoms with E-state index in [9.17, 15) is 13.2 Å². The van der Waals surface area contributed by atoms with E-state index in [2.05, 4.69) is 10.5 Å². The van der Waals surface area contributed by atoms with Gasteiger partial charge in [0.05, 0.1) is 5.69 Å². The average Bonchev–Trinajstić information content (AvgIpc) is 2.88. The van der Waals surface area contributed by atoms with E-state index in [0.29, 0.717) is 5.69 Å². The lowest BCUT2D eigenvalue weighted by Crippen LogP contribution is -2.32. The summed E-state index contributed by atoms with van der Waals surface area (Å²) in [5, 5.41) is 6.23. The minimum absolute atomic E-state index is 0.172. The number of carbonyl (C=O) groups is 1. The molecule has 1 aromatic rings. The molecule has 0 radical (unpaired) electrons. The Balaban J connectivity index is 1.91. The van der Waals surface area contributed by atoms with Gasteiger partial charge in [-0.3, -0.25) is 4.79 Å². The van der Waals surface area contributed by atoms with Crippen molar-refractivity contribution >= 4 is 15.7 Å². The molecule has 1 aliphatic rings. The van der Waals surface area contributed by atoms with Crippen LogP contribution in [-0.4, -0.2) is 31.3 Å². The van der Waals surface area contributed by atoms with Crippen LogP contribution in [0, 0.1) is 6.92 Å². The van der Waals surface area contributed by atoms with Crippen molar-refractivity contribution in [3.05, 3.63) is 17.5 Å². The largest absolute Gasteiger partial charge is 0.360 e. The fourth-order valence-electron chi connectivity index (χ4n) is 1.45. The van der Waals surface area contributed by atoms with Gasteiger partial charge in [-0.15, -0.1) is 0 Å². The lowest BCUT2D eigenvalue weighted by molar-refractivity contribution is -0.118. The SMILES string of the molecule is Cc1cc(CS(=O)(=O)CC(=O)NC2CC2)on1. The smallest absolute Gasteiger partial charge is 0.235 e. The zero-order chi connectivity index (χ0) is 12.5. The van der Waals surface area contributed by atoms with E-state index in [1.165, 1.54) is 0 Å². The highest BCUT2D eigenvalue weighted by Gasteiger charge is 2.26. The second-order valence-electron chi connectivity index (χ2n) is 4.31. The van der Waals surface area contributed by atoms with E-state index < -0.39 is 21.5 Å². The van der Waals surface area contributed by atoms with Crippen molar-refractivity contribution in [3.8, 4) is 0 Å². The van der Waals surface area contributed by atoms with Gasteiger partial charge in [0.15, 0.2) is 15.6 Å². The molecule has 0 unspecified atom stereocenters. The monoisotopic (exact) mass is 258 g/mol. The molecule has 0 aromatic carbocycles. The highest BCUT2D eigenvalue weighted by Crippen LogP contribution is 2.18. The lowest BCUT2D eigenvalue weighted by atomic mass is 10.4. The number of rotatable bonds is 5. The minimum atomic E-state index is -3.48. The van der Waals surface area contributed by atoms with Crippen molar-refractivity contribution in [2.45, 2.75) is 31.6 Å². The van der Waals surface area contributed by atoms with E-state index in [0.717, 1.165) is 12.8 Å².